The molecule has 5 aliphatic rings. The molecule has 0 radical (unpaired) electrons. The minimum absolute atomic E-state index is 0.0231. The smallest absolute Gasteiger partial charge is 0.261 e. The van der Waals surface area contributed by atoms with E-state index in [1.807, 2.05) is 52.7 Å². The molecule has 5 aliphatic heterocycles. The van der Waals surface area contributed by atoms with Gasteiger partial charge in [0.05, 0.1) is 41.0 Å². The number of amides is 3. The summed E-state index contributed by atoms with van der Waals surface area (Å²) < 4.78 is 7.77. The van der Waals surface area contributed by atoms with Crippen LogP contribution in [0.15, 0.2) is 47.4 Å². The van der Waals surface area contributed by atoms with Gasteiger partial charge in [0.1, 0.15) is 6.04 Å². The predicted octanol–water partition coefficient (Wildman–Crippen LogP) is 1.97. The number of anilines is 1. The van der Waals surface area contributed by atoms with Crippen molar-refractivity contribution >= 4 is 34.7 Å². The number of nitrogens with zero attached hydrogens (tertiary/aromatic N) is 5. The van der Waals surface area contributed by atoms with Crippen LogP contribution in [0.4, 0.5) is 5.69 Å². The Morgan fingerprint density at radius 1 is 1.05 bits per heavy atom. The van der Waals surface area contributed by atoms with Crippen molar-refractivity contribution in [2.45, 2.75) is 64.3 Å². The first-order chi connectivity index (χ1) is 18.9. The Morgan fingerprint density at radius 3 is 2.67 bits per heavy atom. The second-order valence-corrected chi connectivity index (χ2v) is 10.9. The van der Waals surface area contributed by atoms with Gasteiger partial charge < -0.3 is 14.5 Å². The van der Waals surface area contributed by atoms with Gasteiger partial charge in [-0.3, -0.25) is 29.4 Å². The maximum atomic E-state index is 13.8. The number of carbonyl (C=O) groups excluding carboxylic acids is 3. The van der Waals surface area contributed by atoms with Gasteiger partial charge in [-0.1, -0.05) is 18.2 Å². The molecule has 7 rings (SSSR count). The molecule has 3 amide bonds. The molecule has 10 heteroatoms. The Kier molecular flexibility index (Phi) is 5.55. The molecule has 1 aromatic carbocycles. The Labute approximate surface area is 226 Å². The number of nitrogens with one attached hydrogen (secondary N) is 1. The van der Waals surface area contributed by atoms with E-state index in [-0.39, 0.29) is 23.7 Å². The summed E-state index contributed by atoms with van der Waals surface area (Å²) in [5, 5.41) is 7.00. The summed E-state index contributed by atoms with van der Waals surface area (Å²) in [7, 11) is 0. The number of hydrogen-bond donors (Lipinski definition) is 1. The summed E-state index contributed by atoms with van der Waals surface area (Å²) in [5.41, 5.74) is 5.27. The molecule has 1 N–H and O–H groups in total. The lowest BCUT2D eigenvalue weighted by atomic mass is 9.92. The van der Waals surface area contributed by atoms with Gasteiger partial charge in [-0.2, -0.15) is 5.10 Å². The highest BCUT2D eigenvalue weighted by Gasteiger charge is 2.43. The monoisotopic (exact) mass is 526 g/mol. The first kappa shape index (κ1) is 24.0. The molecule has 1 fully saturated rings. The molecule has 0 bridgehead atoms. The number of aliphatic imine (C=N–C) groups is 1. The minimum atomic E-state index is -0.467. The van der Waals surface area contributed by atoms with Crippen LogP contribution in [0.1, 0.15) is 49.1 Å². The normalized spacial score (nSPS) is 25.9. The lowest BCUT2D eigenvalue weighted by Gasteiger charge is -2.38. The molecule has 6 heterocycles. The highest BCUT2D eigenvalue weighted by atomic mass is 16.5. The summed E-state index contributed by atoms with van der Waals surface area (Å²) in [6, 6.07) is 5.44. The largest absolute Gasteiger partial charge is 0.372 e. The fraction of sp³-hybridized carbons (Fsp3) is 0.414. The van der Waals surface area contributed by atoms with E-state index < -0.39 is 17.9 Å². The van der Waals surface area contributed by atoms with E-state index in [2.05, 4.69) is 10.4 Å². The van der Waals surface area contributed by atoms with Crippen molar-refractivity contribution in [3.05, 3.63) is 64.8 Å². The molecule has 3 atom stereocenters. The average Bonchev–Trinajstić information content (AvgIpc) is 3.54. The van der Waals surface area contributed by atoms with E-state index in [1.54, 1.807) is 12.4 Å². The number of ether oxygens (including phenoxy) is 1. The third-order valence-electron chi connectivity index (χ3n) is 8.25. The van der Waals surface area contributed by atoms with Gasteiger partial charge in [-0.25, -0.2) is 0 Å². The molecule has 2 aromatic rings. The minimum Gasteiger partial charge on any atom is -0.372 e. The lowest BCUT2D eigenvalue weighted by molar-refractivity contribution is -0.144. The molecular formula is C29H30N6O4. The van der Waals surface area contributed by atoms with Crippen LogP contribution in [0.5, 0.6) is 0 Å². The molecule has 0 spiro atoms. The van der Waals surface area contributed by atoms with Crippen LogP contribution >= 0.6 is 0 Å². The number of rotatable bonds is 3. The van der Waals surface area contributed by atoms with Crippen molar-refractivity contribution in [2.24, 2.45) is 4.99 Å². The molecule has 0 saturated carbocycles. The van der Waals surface area contributed by atoms with Gasteiger partial charge in [0, 0.05) is 55.3 Å². The van der Waals surface area contributed by atoms with Crippen LogP contribution in [-0.2, 0) is 38.5 Å². The van der Waals surface area contributed by atoms with E-state index in [0.29, 0.717) is 36.4 Å². The van der Waals surface area contributed by atoms with Crippen molar-refractivity contribution < 1.29 is 19.1 Å². The lowest BCUT2D eigenvalue weighted by Crippen LogP contribution is -2.53. The topological polar surface area (TPSA) is 109 Å². The number of fused-ring (bicyclic) bond motifs is 1. The Morgan fingerprint density at radius 2 is 1.85 bits per heavy atom. The van der Waals surface area contributed by atoms with E-state index in [1.165, 1.54) is 0 Å². The molecule has 39 heavy (non-hydrogen) atoms. The summed E-state index contributed by atoms with van der Waals surface area (Å²) in [6.45, 7) is 5.88. The van der Waals surface area contributed by atoms with Gasteiger partial charge in [0.15, 0.2) is 0 Å². The molecule has 0 aliphatic carbocycles. The molecule has 1 aromatic heterocycles. The zero-order valence-corrected chi connectivity index (χ0v) is 22.0. The first-order valence-corrected chi connectivity index (χ1v) is 13.7. The highest BCUT2D eigenvalue weighted by molar-refractivity contribution is 6.48. The average molecular weight is 527 g/mol. The van der Waals surface area contributed by atoms with Crippen molar-refractivity contribution in [1.82, 2.24) is 20.0 Å². The fourth-order valence-corrected chi connectivity index (χ4v) is 6.68. The van der Waals surface area contributed by atoms with E-state index in [9.17, 15) is 14.4 Å². The van der Waals surface area contributed by atoms with Crippen LogP contribution in [0, 0.1) is 0 Å². The zero-order chi connectivity index (χ0) is 26.8. The SMILES string of the molecule is C[C@@H]1CN(C(=O)C2Cc3cccc4c3N2C=CN=C4C2=C(c3cnn4c3CCCC4)C(=O)NC2=O)C[C@H](C)O1. The number of hydrogen-bond acceptors (Lipinski definition) is 7. The van der Waals surface area contributed by atoms with Crippen LogP contribution in [-0.4, -0.2) is 69.5 Å². The van der Waals surface area contributed by atoms with Gasteiger partial charge >= 0.3 is 0 Å². The third-order valence-corrected chi connectivity index (χ3v) is 8.25. The number of benzene rings is 1. The molecule has 1 saturated heterocycles. The number of imide groups is 1. The molecule has 200 valence electrons. The zero-order valence-electron chi connectivity index (χ0n) is 22.0. The third kappa shape index (κ3) is 3.76. The van der Waals surface area contributed by atoms with E-state index in [4.69, 9.17) is 9.73 Å². The number of aryl methyl sites for hydroxylation is 1. The van der Waals surface area contributed by atoms with Crippen LogP contribution in [0.3, 0.4) is 0 Å². The molecule has 1 unspecified atom stereocenters. The van der Waals surface area contributed by atoms with Crippen molar-refractivity contribution in [1.29, 1.82) is 0 Å². The van der Waals surface area contributed by atoms with Crippen LogP contribution in [0.25, 0.3) is 5.57 Å². The van der Waals surface area contributed by atoms with Gasteiger partial charge in [-0.15, -0.1) is 0 Å². The fourth-order valence-electron chi connectivity index (χ4n) is 6.68. The van der Waals surface area contributed by atoms with Gasteiger partial charge in [0.25, 0.3) is 11.8 Å². The summed E-state index contributed by atoms with van der Waals surface area (Å²) in [5.74, 6) is -0.848. The molecule has 10 nitrogen and oxygen atoms in total. The van der Waals surface area contributed by atoms with Gasteiger partial charge in [-0.05, 0) is 38.7 Å². The van der Waals surface area contributed by atoms with Crippen molar-refractivity contribution in [3.63, 3.8) is 0 Å². The predicted molar refractivity (Wildman–Crippen MR) is 144 cm³/mol. The Hall–Kier alpha value is -4.05. The van der Waals surface area contributed by atoms with E-state index >= 15 is 0 Å². The standard InChI is InChI=1S/C29H30N6O4/c1-16-14-33(15-17(2)39-16)29(38)22-12-18-6-5-7-19-25(30-9-11-34(22)26(18)19)24-23(27(36)32-28(24)37)20-13-31-35-10-4-3-8-21(20)35/h5-7,9,11,13,16-17,22H,3-4,8,10,12,14-15H2,1-2H3,(H,32,36,37)/t16-,17+,22?. The van der Waals surface area contributed by atoms with Crippen molar-refractivity contribution in [3.8, 4) is 0 Å². The number of aromatic nitrogens is 2. The maximum Gasteiger partial charge on any atom is 0.261 e. The summed E-state index contributed by atoms with van der Waals surface area (Å²) in [4.78, 5) is 48.8. The van der Waals surface area contributed by atoms with E-state index in [0.717, 1.165) is 48.3 Å². The Bertz CT molecular complexity index is 1510. The first-order valence-electron chi connectivity index (χ1n) is 13.7. The highest BCUT2D eigenvalue weighted by Crippen LogP contribution is 2.41. The number of morpholine rings is 1. The second-order valence-electron chi connectivity index (χ2n) is 10.9. The molecular weight excluding hydrogens is 496 g/mol. The second kappa shape index (κ2) is 9.01. The van der Waals surface area contributed by atoms with Crippen LogP contribution < -0.4 is 10.2 Å². The van der Waals surface area contributed by atoms with Gasteiger partial charge in [0.2, 0.25) is 5.91 Å². The van der Waals surface area contributed by atoms with Crippen LogP contribution in [0.2, 0.25) is 0 Å². The summed E-state index contributed by atoms with van der Waals surface area (Å²) >= 11 is 0. The maximum absolute atomic E-state index is 13.8. The quantitative estimate of drug-likeness (QED) is 0.613. The van der Waals surface area contributed by atoms with Crippen molar-refractivity contribution in [2.75, 3.05) is 18.0 Å². The Balaban J connectivity index is 1.30. The summed E-state index contributed by atoms with van der Waals surface area (Å²) in [6.07, 6.45) is 8.50. The number of para-hydroxylation sites is 1. The number of carbonyl (C=O) groups is 3.